The van der Waals surface area contributed by atoms with Crippen LogP contribution in [-0.4, -0.2) is 16.2 Å². The largest absolute Gasteiger partial charge is 0.345 e. The smallest absolute Gasteiger partial charge is 0.0626 e. The summed E-state index contributed by atoms with van der Waals surface area (Å²) in [7, 11) is 4.34. The second-order valence-electron chi connectivity index (χ2n) is 26.9. The van der Waals surface area contributed by atoms with Crippen LogP contribution in [0, 0.1) is 0 Å². The molecule has 2 heterocycles. The number of fused-ring (bicyclic) bond motifs is 13. The Bertz CT molecular complexity index is 6410. The van der Waals surface area contributed by atoms with Crippen LogP contribution in [0.15, 0.2) is 376 Å². The Balaban J connectivity index is 0.602. The molecule has 4 heteroatoms. The number of para-hydroxylation sites is 1. The molecule has 0 bridgehead atoms. The van der Waals surface area contributed by atoms with E-state index in [1.165, 1.54) is 137 Å². The van der Waals surface area contributed by atoms with E-state index >= 15 is 0 Å². The van der Waals surface area contributed by atoms with Crippen LogP contribution in [-0.2, 0) is 7.05 Å². The quantitative estimate of drug-likeness (QED) is 0.107. The highest BCUT2D eigenvalue weighted by atomic mass is 15.1. The molecule has 102 heavy (non-hydrogen) atoms. The van der Waals surface area contributed by atoms with Gasteiger partial charge in [0.1, 0.15) is 0 Å². The molecular weight excluding hydrogens is 1230 g/mol. The van der Waals surface area contributed by atoms with Gasteiger partial charge in [0.25, 0.3) is 0 Å². The van der Waals surface area contributed by atoms with Gasteiger partial charge in [-0.05, 0) is 202 Å². The highest BCUT2D eigenvalue weighted by Crippen LogP contribution is 2.48. The molecule has 0 saturated heterocycles. The number of hydrogen-bond acceptors (Lipinski definition) is 2. The predicted molar refractivity (Wildman–Crippen MR) is 435 cm³/mol. The molecule has 0 radical (unpaired) electrons. The summed E-state index contributed by atoms with van der Waals surface area (Å²) in [4.78, 5) is 4.63. The van der Waals surface area contributed by atoms with Gasteiger partial charge in [-0.25, -0.2) is 0 Å². The lowest BCUT2D eigenvalue weighted by Gasteiger charge is -2.26. The molecule has 19 aromatic rings. The van der Waals surface area contributed by atoms with Crippen LogP contribution in [0.1, 0.15) is 0 Å². The standard InChI is InChI=1S/C98H68N4/c1-99(82-29-16-25-76(63-82)65-20-5-3-6-21-65)78-55-52-73(53-56-78)86-37-19-39-93-96(86)97-89-34-13-11-32-87(89)88-33-12-14-35-90(88)98(97)102(93)81-59-50-69(51-60-81)66-40-42-70(43-41-66)74-23-15-24-75(62-74)77-26-17-30-83(64-77)101(79-27-7-4-8-28-79)80-57-48-68(49-58-80)67-44-46-72(47-45-67)85-36-18-38-91-94(85)95-84-31-10-9-22-71(84)54-61-92(95)100(91)2/h3-64H,1-2H3. The van der Waals surface area contributed by atoms with Crippen molar-refractivity contribution in [2.24, 2.45) is 7.05 Å². The summed E-state index contributed by atoms with van der Waals surface area (Å²) in [5.74, 6) is 0. The normalized spacial score (nSPS) is 11.6. The second kappa shape index (κ2) is 24.9. The van der Waals surface area contributed by atoms with Crippen LogP contribution in [0.4, 0.5) is 28.4 Å². The summed E-state index contributed by atoms with van der Waals surface area (Å²) in [6.45, 7) is 0. The average Bonchev–Trinajstić information content (AvgIpc) is 1.54. The Morgan fingerprint density at radius 2 is 0.618 bits per heavy atom. The van der Waals surface area contributed by atoms with Crippen LogP contribution in [0.25, 0.3) is 160 Å². The number of hydrogen-bond donors (Lipinski definition) is 0. The zero-order valence-electron chi connectivity index (χ0n) is 56.6. The first-order chi connectivity index (χ1) is 50.4. The second-order valence-corrected chi connectivity index (χ2v) is 26.9. The monoisotopic (exact) mass is 1300 g/mol. The lowest BCUT2D eigenvalue weighted by molar-refractivity contribution is 1.01. The van der Waals surface area contributed by atoms with Gasteiger partial charge in [-0.1, -0.05) is 279 Å². The number of rotatable bonds is 13. The summed E-state index contributed by atoms with van der Waals surface area (Å²) < 4.78 is 4.84. The number of aryl methyl sites for hydroxylation is 1. The fraction of sp³-hybridized carbons (Fsp3) is 0.0204. The van der Waals surface area contributed by atoms with E-state index in [2.05, 4.69) is 409 Å². The summed E-state index contributed by atoms with van der Waals surface area (Å²) >= 11 is 0. The molecule has 0 aliphatic rings. The van der Waals surface area contributed by atoms with E-state index in [1.807, 2.05) is 0 Å². The Labute approximate surface area is 593 Å². The highest BCUT2D eigenvalue weighted by molar-refractivity contribution is 6.34. The molecule has 0 atom stereocenters. The molecule has 0 fully saturated rings. The summed E-state index contributed by atoms with van der Waals surface area (Å²) in [5, 5.41) is 12.7. The fourth-order valence-electron chi connectivity index (χ4n) is 16.1. The van der Waals surface area contributed by atoms with Gasteiger partial charge in [0.15, 0.2) is 0 Å². The molecule has 0 spiro atoms. The van der Waals surface area contributed by atoms with Crippen molar-refractivity contribution in [3.63, 3.8) is 0 Å². The van der Waals surface area contributed by atoms with Crippen LogP contribution < -0.4 is 9.80 Å². The minimum atomic E-state index is 1.09. The minimum absolute atomic E-state index is 1.09. The fourth-order valence-corrected chi connectivity index (χ4v) is 16.1. The molecule has 0 saturated carbocycles. The lowest BCUT2D eigenvalue weighted by Crippen LogP contribution is -2.09. The van der Waals surface area contributed by atoms with E-state index < -0.39 is 0 Å². The first-order valence-electron chi connectivity index (χ1n) is 35.2. The van der Waals surface area contributed by atoms with Crippen LogP contribution in [0.5, 0.6) is 0 Å². The Morgan fingerprint density at radius 1 is 0.225 bits per heavy atom. The molecule has 0 aliphatic carbocycles. The van der Waals surface area contributed by atoms with E-state index in [1.54, 1.807) is 0 Å². The SMILES string of the molecule is CN(c1ccc(-c2cccc3c2c2c4ccccc4c4ccccc4c2n3-c2ccc(-c3ccc(-c4cccc(-c5cccc(N(c6ccccc6)c6ccc(-c7ccc(-c8cccc9c8c8c%10ccccc%10ccc8n9C)cc7)cc6)c5)c4)cc3)cc2)cc1)c1cccc(-c2ccccc2)c1. The van der Waals surface area contributed by atoms with Crippen molar-refractivity contribution in [2.75, 3.05) is 16.8 Å². The third-order valence-electron chi connectivity index (χ3n) is 21.1. The third-order valence-corrected chi connectivity index (χ3v) is 21.1. The van der Waals surface area contributed by atoms with Crippen molar-refractivity contribution >= 4 is 104 Å². The van der Waals surface area contributed by atoms with Crippen LogP contribution in [0.2, 0.25) is 0 Å². The van der Waals surface area contributed by atoms with Crippen molar-refractivity contribution < 1.29 is 0 Å². The first-order valence-corrected chi connectivity index (χ1v) is 35.2. The molecule has 0 aliphatic heterocycles. The van der Waals surface area contributed by atoms with Gasteiger partial charge in [0.05, 0.1) is 11.0 Å². The maximum absolute atomic E-state index is 2.51. The molecule has 2 aromatic heterocycles. The first kappa shape index (κ1) is 59.9. The van der Waals surface area contributed by atoms with Gasteiger partial charge in [-0.15, -0.1) is 0 Å². The van der Waals surface area contributed by atoms with Gasteiger partial charge >= 0.3 is 0 Å². The zero-order valence-corrected chi connectivity index (χ0v) is 56.6. The molecule has 19 rings (SSSR count). The third kappa shape index (κ3) is 10.3. The van der Waals surface area contributed by atoms with Crippen molar-refractivity contribution in [2.45, 2.75) is 0 Å². The maximum Gasteiger partial charge on any atom is 0.0626 e. The van der Waals surface area contributed by atoms with Crippen molar-refractivity contribution in [3.8, 4) is 83.6 Å². The van der Waals surface area contributed by atoms with Crippen molar-refractivity contribution in [3.05, 3.63) is 376 Å². The molecule has 4 nitrogen and oxygen atoms in total. The number of nitrogens with zero attached hydrogens (tertiary/aromatic N) is 4. The molecule has 0 amide bonds. The number of benzene rings is 17. The van der Waals surface area contributed by atoms with Crippen molar-refractivity contribution in [1.29, 1.82) is 0 Å². The van der Waals surface area contributed by atoms with E-state index in [4.69, 9.17) is 0 Å². The predicted octanol–water partition coefficient (Wildman–Crippen LogP) is 26.8. The summed E-state index contributed by atoms with van der Waals surface area (Å²) in [6.07, 6.45) is 0. The highest BCUT2D eigenvalue weighted by Gasteiger charge is 2.23. The van der Waals surface area contributed by atoms with E-state index in [9.17, 15) is 0 Å². The lowest BCUT2D eigenvalue weighted by atomic mass is 9.93. The van der Waals surface area contributed by atoms with Gasteiger partial charge in [-0.3, -0.25) is 0 Å². The number of aromatic nitrogens is 2. The van der Waals surface area contributed by atoms with Crippen LogP contribution in [0.3, 0.4) is 0 Å². The molecule has 0 unspecified atom stereocenters. The zero-order chi connectivity index (χ0) is 67.8. The van der Waals surface area contributed by atoms with Crippen LogP contribution >= 0.6 is 0 Å². The molecule has 17 aromatic carbocycles. The summed E-state index contributed by atoms with van der Waals surface area (Å²) in [5.41, 5.74) is 28.1. The molecule has 480 valence electrons. The Kier molecular flexibility index (Phi) is 14.6. The van der Waals surface area contributed by atoms with E-state index in [-0.39, 0.29) is 0 Å². The molecule has 0 N–H and O–H groups in total. The van der Waals surface area contributed by atoms with Gasteiger partial charge < -0.3 is 18.9 Å². The van der Waals surface area contributed by atoms with E-state index in [0.717, 1.165) is 50.8 Å². The van der Waals surface area contributed by atoms with Gasteiger partial charge in [0, 0.05) is 86.2 Å². The average molecular weight is 1300 g/mol. The maximum atomic E-state index is 2.51. The summed E-state index contributed by atoms with van der Waals surface area (Å²) in [6, 6.07) is 138. The Hall–Kier alpha value is -13.3. The number of anilines is 5. The van der Waals surface area contributed by atoms with E-state index in [0.29, 0.717) is 0 Å². The Morgan fingerprint density at radius 3 is 1.27 bits per heavy atom. The van der Waals surface area contributed by atoms with Gasteiger partial charge in [-0.2, -0.15) is 0 Å². The molecular formula is C98H68N4. The van der Waals surface area contributed by atoms with Crippen molar-refractivity contribution in [1.82, 2.24) is 9.13 Å². The topological polar surface area (TPSA) is 16.3 Å². The van der Waals surface area contributed by atoms with Gasteiger partial charge in [0.2, 0.25) is 0 Å². The minimum Gasteiger partial charge on any atom is -0.345 e.